The van der Waals surface area contributed by atoms with Gasteiger partial charge in [0.05, 0.1) is 45.5 Å². The van der Waals surface area contributed by atoms with Gasteiger partial charge in [0.15, 0.2) is 9.84 Å². The molecule has 2 aliphatic rings. The van der Waals surface area contributed by atoms with Gasteiger partial charge in [-0.15, -0.1) is 5.10 Å². The molecule has 7 rings (SSSR count). The third-order valence-corrected chi connectivity index (χ3v) is 10.4. The first-order valence-corrected chi connectivity index (χ1v) is 16.2. The van der Waals surface area contributed by atoms with E-state index in [2.05, 4.69) is 38.0 Å². The largest absolute Gasteiger partial charge is 0.381 e. The van der Waals surface area contributed by atoms with Crippen LogP contribution < -0.4 is 4.90 Å². The van der Waals surface area contributed by atoms with Crippen LogP contribution in [0.3, 0.4) is 0 Å². The van der Waals surface area contributed by atoms with Crippen molar-refractivity contribution in [2.45, 2.75) is 25.8 Å². The van der Waals surface area contributed by atoms with Crippen molar-refractivity contribution in [3.63, 3.8) is 0 Å². The molecular formula is C31H33FN6O3S. The molecule has 2 saturated heterocycles. The van der Waals surface area contributed by atoms with E-state index < -0.39 is 9.84 Å². The molecule has 0 saturated carbocycles. The topological polar surface area (TPSA) is 95.1 Å². The van der Waals surface area contributed by atoms with E-state index in [1.165, 1.54) is 6.07 Å². The smallest absolute Gasteiger partial charge is 0.153 e. The molecular weight excluding hydrogens is 555 g/mol. The first-order valence-electron chi connectivity index (χ1n) is 14.4. The second-order valence-corrected chi connectivity index (χ2v) is 13.7. The summed E-state index contributed by atoms with van der Waals surface area (Å²) in [6, 6.07) is 15.1. The SMILES string of the molecule is Cc1nnn(C)c1-c1cnc2c3cc(N4CCS(=O)(=O)CC4)ccc3n([C@H](c3ccccc3F)C3CCOCC3)c2c1. The van der Waals surface area contributed by atoms with Crippen molar-refractivity contribution in [3.8, 4) is 11.3 Å². The highest BCUT2D eigenvalue weighted by molar-refractivity contribution is 7.91. The molecule has 0 bridgehead atoms. The summed E-state index contributed by atoms with van der Waals surface area (Å²) in [7, 11) is -1.14. The molecule has 42 heavy (non-hydrogen) atoms. The molecule has 9 nitrogen and oxygen atoms in total. The number of hydrogen-bond acceptors (Lipinski definition) is 7. The maximum absolute atomic E-state index is 15.6. The van der Waals surface area contributed by atoms with Gasteiger partial charge in [-0.3, -0.25) is 4.98 Å². The van der Waals surface area contributed by atoms with Gasteiger partial charge in [-0.25, -0.2) is 17.5 Å². The van der Waals surface area contributed by atoms with Crippen molar-refractivity contribution in [3.05, 3.63) is 71.8 Å². The summed E-state index contributed by atoms with van der Waals surface area (Å²) in [5.41, 5.74) is 6.87. The lowest BCUT2D eigenvalue weighted by Gasteiger charge is -2.33. The molecule has 1 atom stereocenters. The molecule has 2 fully saturated rings. The van der Waals surface area contributed by atoms with E-state index in [4.69, 9.17) is 9.72 Å². The average molecular weight is 589 g/mol. The highest BCUT2D eigenvalue weighted by atomic mass is 32.2. The monoisotopic (exact) mass is 588 g/mol. The number of aryl methyl sites for hydroxylation is 2. The van der Waals surface area contributed by atoms with Gasteiger partial charge in [-0.05, 0) is 56.0 Å². The van der Waals surface area contributed by atoms with E-state index in [-0.39, 0.29) is 29.3 Å². The molecule has 218 valence electrons. The summed E-state index contributed by atoms with van der Waals surface area (Å²) < 4.78 is 49.5. The van der Waals surface area contributed by atoms with Crippen LogP contribution >= 0.6 is 0 Å². The lowest BCUT2D eigenvalue weighted by Crippen LogP contribution is -2.40. The first kappa shape index (κ1) is 27.0. The van der Waals surface area contributed by atoms with Gasteiger partial charge in [0, 0.05) is 61.7 Å². The highest BCUT2D eigenvalue weighted by Crippen LogP contribution is 2.42. The molecule has 0 spiro atoms. The zero-order valence-electron chi connectivity index (χ0n) is 23.7. The van der Waals surface area contributed by atoms with E-state index in [0.29, 0.717) is 31.9 Å². The number of pyridine rings is 1. The minimum Gasteiger partial charge on any atom is -0.381 e. The molecule has 0 N–H and O–H groups in total. The van der Waals surface area contributed by atoms with Crippen molar-refractivity contribution in [2.24, 2.45) is 13.0 Å². The molecule has 3 aromatic heterocycles. The van der Waals surface area contributed by atoms with E-state index in [0.717, 1.165) is 57.4 Å². The Morgan fingerprint density at radius 2 is 1.79 bits per heavy atom. The van der Waals surface area contributed by atoms with Gasteiger partial charge in [0.1, 0.15) is 5.82 Å². The summed E-state index contributed by atoms with van der Waals surface area (Å²) in [6.45, 7) is 4.11. The molecule has 5 heterocycles. The van der Waals surface area contributed by atoms with Crippen molar-refractivity contribution >= 4 is 37.5 Å². The maximum Gasteiger partial charge on any atom is 0.153 e. The number of aromatic nitrogens is 5. The molecule has 0 aliphatic carbocycles. The summed E-state index contributed by atoms with van der Waals surface area (Å²) >= 11 is 0. The number of sulfone groups is 1. The minimum atomic E-state index is -3.00. The standard InChI is InChI=1S/C31H33FN6O3S/c1-20-30(36(2)35-34-20)22-17-28-29(33-19-22)25-18-23(37-11-15-42(39,40)16-12-37)7-8-27(25)38(28)31(21-9-13-41-14-10-21)24-5-3-4-6-26(24)32/h3-8,17-19,21,31H,9-16H2,1-2H3/t31-/m0/s1. The average Bonchev–Trinajstić information content (AvgIpc) is 3.50. The predicted molar refractivity (Wildman–Crippen MR) is 161 cm³/mol. The minimum absolute atomic E-state index is 0.144. The van der Waals surface area contributed by atoms with E-state index >= 15 is 4.39 Å². The Bertz CT molecular complexity index is 1880. The zero-order valence-corrected chi connectivity index (χ0v) is 24.5. The number of rotatable bonds is 5. The van der Waals surface area contributed by atoms with Crippen molar-refractivity contribution in [1.29, 1.82) is 0 Å². The Morgan fingerprint density at radius 1 is 1.02 bits per heavy atom. The van der Waals surface area contributed by atoms with E-state index in [1.54, 1.807) is 10.7 Å². The molecule has 0 radical (unpaired) electrons. The molecule has 5 aromatic rings. The fraction of sp³-hybridized carbons (Fsp3) is 0.387. The fourth-order valence-electron chi connectivity index (χ4n) is 6.70. The Balaban J connectivity index is 1.48. The quantitative estimate of drug-likeness (QED) is 0.294. The molecule has 2 aliphatic heterocycles. The second-order valence-electron chi connectivity index (χ2n) is 11.4. The van der Waals surface area contributed by atoms with Gasteiger partial charge < -0.3 is 14.2 Å². The molecule has 11 heteroatoms. The molecule has 0 amide bonds. The van der Waals surface area contributed by atoms with Crippen LogP contribution in [0.25, 0.3) is 33.2 Å². The van der Waals surface area contributed by atoms with Crippen LogP contribution in [0.5, 0.6) is 0 Å². The number of ether oxygens (including phenoxy) is 1. The summed E-state index contributed by atoms with van der Waals surface area (Å²) in [5.74, 6) is 0.216. The molecule has 2 aromatic carbocycles. The van der Waals surface area contributed by atoms with Crippen LogP contribution in [0.2, 0.25) is 0 Å². The van der Waals surface area contributed by atoms with Crippen LogP contribution in [0.4, 0.5) is 10.1 Å². The Hall–Kier alpha value is -3.83. The van der Waals surface area contributed by atoms with Crippen LogP contribution in [0.1, 0.15) is 30.1 Å². The number of hydrogen-bond donors (Lipinski definition) is 0. The lowest BCUT2D eigenvalue weighted by atomic mass is 9.86. The van der Waals surface area contributed by atoms with E-state index in [1.807, 2.05) is 38.4 Å². The Morgan fingerprint density at radius 3 is 2.50 bits per heavy atom. The Labute approximate surface area is 243 Å². The summed E-state index contributed by atoms with van der Waals surface area (Å²) in [6.07, 6.45) is 3.49. The lowest BCUT2D eigenvalue weighted by molar-refractivity contribution is 0.0548. The van der Waals surface area contributed by atoms with Gasteiger partial charge in [0.2, 0.25) is 0 Å². The second kappa shape index (κ2) is 10.5. The summed E-state index contributed by atoms with van der Waals surface area (Å²) in [5, 5.41) is 9.40. The van der Waals surface area contributed by atoms with Gasteiger partial charge in [-0.1, -0.05) is 23.4 Å². The highest BCUT2D eigenvalue weighted by Gasteiger charge is 2.32. The molecule has 0 unspecified atom stereocenters. The van der Waals surface area contributed by atoms with Crippen molar-refractivity contribution in [1.82, 2.24) is 24.5 Å². The van der Waals surface area contributed by atoms with Crippen LogP contribution in [-0.2, 0) is 21.6 Å². The maximum atomic E-state index is 15.6. The van der Waals surface area contributed by atoms with Crippen LogP contribution in [-0.4, -0.2) is 70.8 Å². The van der Waals surface area contributed by atoms with Gasteiger partial charge in [-0.2, -0.15) is 0 Å². The van der Waals surface area contributed by atoms with Crippen molar-refractivity contribution in [2.75, 3.05) is 42.7 Å². The zero-order chi connectivity index (χ0) is 29.0. The van der Waals surface area contributed by atoms with E-state index in [9.17, 15) is 8.42 Å². The number of halogens is 1. The fourth-order valence-corrected chi connectivity index (χ4v) is 7.90. The number of fused-ring (bicyclic) bond motifs is 3. The Kier molecular flexibility index (Phi) is 6.73. The third-order valence-electron chi connectivity index (χ3n) is 8.81. The van der Waals surface area contributed by atoms with Crippen LogP contribution in [0.15, 0.2) is 54.7 Å². The van der Waals surface area contributed by atoms with Crippen molar-refractivity contribution < 1.29 is 17.5 Å². The number of benzene rings is 2. The van der Waals surface area contributed by atoms with Crippen LogP contribution in [0, 0.1) is 18.7 Å². The van der Waals surface area contributed by atoms with Gasteiger partial charge in [0.25, 0.3) is 0 Å². The predicted octanol–water partition coefficient (Wildman–Crippen LogP) is 4.68. The summed E-state index contributed by atoms with van der Waals surface area (Å²) in [4.78, 5) is 7.12. The number of anilines is 1. The van der Waals surface area contributed by atoms with Gasteiger partial charge >= 0.3 is 0 Å². The third kappa shape index (κ3) is 4.64. The normalized spacial score (nSPS) is 18.6. The number of nitrogens with zero attached hydrogens (tertiary/aromatic N) is 6. The first-order chi connectivity index (χ1) is 20.3.